The third-order valence-electron chi connectivity index (χ3n) is 3.67. The molecule has 0 unspecified atom stereocenters. The van der Waals surface area contributed by atoms with Gasteiger partial charge in [-0.05, 0) is 28.1 Å². The Balaban J connectivity index is 1.96. The van der Waals surface area contributed by atoms with Gasteiger partial charge in [0.1, 0.15) is 29.4 Å². The van der Waals surface area contributed by atoms with E-state index in [1.165, 1.54) is 20.5 Å². The second kappa shape index (κ2) is 6.86. The van der Waals surface area contributed by atoms with Gasteiger partial charge in [-0.1, -0.05) is 18.2 Å². The number of amides is 1. The first kappa shape index (κ1) is 16.9. The number of aromatic nitrogens is 4. The summed E-state index contributed by atoms with van der Waals surface area (Å²) in [5, 5.41) is 13.4. The van der Waals surface area contributed by atoms with Crippen molar-refractivity contribution >= 4 is 38.6 Å². The number of rotatable bonds is 4. The van der Waals surface area contributed by atoms with Crippen LogP contribution in [0, 0.1) is 11.3 Å². The van der Waals surface area contributed by atoms with Gasteiger partial charge in [0, 0.05) is 12.7 Å². The fourth-order valence-corrected chi connectivity index (χ4v) is 3.07. The molecule has 0 N–H and O–H groups in total. The van der Waals surface area contributed by atoms with Crippen molar-refractivity contribution in [1.82, 2.24) is 19.3 Å². The van der Waals surface area contributed by atoms with E-state index in [2.05, 4.69) is 26.0 Å². The molecule has 0 saturated heterocycles. The first-order valence-electron chi connectivity index (χ1n) is 7.33. The van der Waals surface area contributed by atoms with E-state index in [0.29, 0.717) is 21.3 Å². The van der Waals surface area contributed by atoms with E-state index in [-0.39, 0.29) is 24.6 Å². The predicted molar refractivity (Wildman–Crippen MR) is 94.9 cm³/mol. The summed E-state index contributed by atoms with van der Waals surface area (Å²) in [4.78, 5) is 30.8. The number of halogens is 1. The molecule has 1 amide bonds. The monoisotopic (exact) mass is 400 g/mol. The number of benzene rings is 1. The van der Waals surface area contributed by atoms with Crippen LogP contribution in [0.4, 0.5) is 5.69 Å². The quantitative estimate of drug-likeness (QED) is 0.617. The van der Waals surface area contributed by atoms with Crippen LogP contribution in [-0.2, 0) is 18.4 Å². The first-order chi connectivity index (χ1) is 12.0. The third kappa shape index (κ3) is 3.16. The second-order valence-corrected chi connectivity index (χ2v) is 6.02. The molecule has 126 valence electrons. The summed E-state index contributed by atoms with van der Waals surface area (Å²) in [6, 6.07) is 10.8. The number of nitrogens with zero attached hydrogens (tertiary/aromatic N) is 6. The van der Waals surface area contributed by atoms with Crippen molar-refractivity contribution in [2.24, 2.45) is 7.05 Å². The maximum absolute atomic E-state index is 12.6. The van der Waals surface area contributed by atoms with E-state index >= 15 is 0 Å². The molecule has 2 aromatic heterocycles. The number of hydrogen-bond acceptors (Lipinski definition) is 5. The van der Waals surface area contributed by atoms with Crippen molar-refractivity contribution in [2.45, 2.75) is 6.54 Å². The molecule has 0 aliphatic rings. The van der Waals surface area contributed by atoms with Crippen LogP contribution in [0.5, 0.6) is 0 Å². The standard InChI is InChI=1S/C16H13BrN6O2/c1-21-15-13(14(17)20-21)16(25)22(10-19-15)9-12(24)23(8-7-18)11-5-3-2-4-6-11/h2-6,10H,8-9H2,1H3. The molecule has 0 bridgehead atoms. The lowest BCUT2D eigenvalue weighted by Gasteiger charge is -2.20. The van der Waals surface area contributed by atoms with Gasteiger partial charge in [-0.2, -0.15) is 10.4 Å². The van der Waals surface area contributed by atoms with Gasteiger partial charge in [-0.15, -0.1) is 0 Å². The lowest BCUT2D eigenvalue weighted by Crippen LogP contribution is -2.37. The Morgan fingerprint density at radius 1 is 1.36 bits per heavy atom. The highest BCUT2D eigenvalue weighted by Gasteiger charge is 2.19. The molecule has 1 aromatic carbocycles. The van der Waals surface area contributed by atoms with Crippen molar-refractivity contribution in [3.05, 3.63) is 51.6 Å². The molecular weight excluding hydrogens is 388 g/mol. The smallest absolute Gasteiger partial charge is 0.266 e. The fraction of sp³-hybridized carbons (Fsp3) is 0.188. The summed E-state index contributed by atoms with van der Waals surface area (Å²) in [7, 11) is 1.68. The summed E-state index contributed by atoms with van der Waals surface area (Å²) in [6.07, 6.45) is 1.31. The highest BCUT2D eigenvalue weighted by Crippen LogP contribution is 2.17. The van der Waals surface area contributed by atoms with Crippen LogP contribution in [0.25, 0.3) is 11.0 Å². The molecule has 0 spiro atoms. The molecule has 0 aliphatic carbocycles. The highest BCUT2D eigenvalue weighted by molar-refractivity contribution is 9.10. The SMILES string of the molecule is Cn1nc(Br)c2c(=O)n(CC(=O)N(CC#N)c3ccccc3)cnc21. The molecule has 3 aromatic rings. The van der Waals surface area contributed by atoms with Gasteiger partial charge in [0.15, 0.2) is 5.65 Å². The van der Waals surface area contributed by atoms with Gasteiger partial charge in [0.05, 0.1) is 6.07 Å². The Kier molecular flexibility index (Phi) is 4.63. The molecule has 2 heterocycles. The van der Waals surface area contributed by atoms with Gasteiger partial charge in [-0.3, -0.25) is 19.1 Å². The van der Waals surface area contributed by atoms with Crippen LogP contribution < -0.4 is 10.5 Å². The van der Waals surface area contributed by atoms with Crippen LogP contribution in [0.1, 0.15) is 0 Å². The van der Waals surface area contributed by atoms with Gasteiger partial charge < -0.3 is 0 Å². The van der Waals surface area contributed by atoms with E-state index in [1.54, 1.807) is 31.3 Å². The van der Waals surface area contributed by atoms with Crippen molar-refractivity contribution in [2.75, 3.05) is 11.4 Å². The normalized spacial score (nSPS) is 10.6. The molecule has 0 radical (unpaired) electrons. The zero-order valence-corrected chi connectivity index (χ0v) is 14.8. The number of para-hydroxylation sites is 1. The molecule has 25 heavy (non-hydrogen) atoms. The van der Waals surface area contributed by atoms with E-state index in [9.17, 15) is 9.59 Å². The Hall–Kier alpha value is -2.99. The Labute approximate surface area is 151 Å². The molecule has 0 atom stereocenters. The van der Waals surface area contributed by atoms with E-state index in [1.807, 2.05) is 12.1 Å². The first-order valence-corrected chi connectivity index (χ1v) is 8.12. The summed E-state index contributed by atoms with van der Waals surface area (Å²) in [5.41, 5.74) is 0.652. The summed E-state index contributed by atoms with van der Waals surface area (Å²) in [6.45, 7) is -0.330. The third-order valence-corrected chi connectivity index (χ3v) is 4.23. The average molecular weight is 401 g/mol. The van der Waals surface area contributed by atoms with Crippen LogP contribution >= 0.6 is 15.9 Å². The molecule has 0 saturated carbocycles. The van der Waals surface area contributed by atoms with Crippen molar-refractivity contribution < 1.29 is 4.79 Å². The number of nitriles is 1. The van der Waals surface area contributed by atoms with Crippen LogP contribution in [0.15, 0.2) is 46.1 Å². The van der Waals surface area contributed by atoms with Crippen molar-refractivity contribution in [3.8, 4) is 6.07 Å². The Morgan fingerprint density at radius 2 is 2.08 bits per heavy atom. The van der Waals surface area contributed by atoms with Crippen LogP contribution in [-0.4, -0.2) is 31.8 Å². The fourth-order valence-electron chi connectivity index (χ4n) is 2.48. The number of carbonyl (C=O) groups is 1. The lowest BCUT2D eigenvalue weighted by atomic mass is 10.3. The molecule has 3 rings (SSSR count). The average Bonchev–Trinajstić information content (AvgIpc) is 2.90. The Morgan fingerprint density at radius 3 is 2.76 bits per heavy atom. The maximum Gasteiger partial charge on any atom is 0.266 e. The minimum atomic E-state index is -0.379. The topological polar surface area (TPSA) is 96.8 Å². The van der Waals surface area contributed by atoms with Gasteiger partial charge >= 0.3 is 0 Å². The molecule has 8 nitrogen and oxygen atoms in total. The predicted octanol–water partition coefficient (Wildman–Crippen LogP) is 1.45. The van der Waals surface area contributed by atoms with Gasteiger partial charge in [-0.25, -0.2) is 9.67 Å². The van der Waals surface area contributed by atoms with E-state index < -0.39 is 0 Å². The number of hydrogen-bond donors (Lipinski definition) is 0. The van der Waals surface area contributed by atoms with E-state index in [4.69, 9.17) is 5.26 Å². The number of aryl methyl sites for hydroxylation is 1. The zero-order valence-electron chi connectivity index (χ0n) is 13.3. The van der Waals surface area contributed by atoms with Gasteiger partial charge in [0.25, 0.3) is 5.56 Å². The van der Waals surface area contributed by atoms with E-state index in [0.717, 1.165) is 0 Å². The van der Waals surface area contributed by atoms with Crippen molar-refractivity contribution in [1.29, 1.82) is 5.26 Å². The number of carbonyl (C=O) groups excluding carboxylic acids is 1. The molecule has 0 aliphatic heterocycles. The zero-order chi connectivity index (χ0) is 18.0. The van der Waals surface area contributed by atoms with Gasteiger partial charge in [0.2, 0.25) is 5.91 Å². The number of fused-ring (bicyclic) bond motifs is 1. The summed E-state index contributed by atoms with van der Waals surface area (Å²) in [5.74, 6) is -0.379. The Bertz CT molecular complexity index is 1030. The lowest BCUT2D eigenvalue weighted by molar-refractivity contribution is -0.119. The van der Waals surface area contributed by atoms with Crippen LogP contribution in [0.3, 0.4) is 0 Å². The molecule has 9 heteroatoms. The highest BCUT2D eigenvalue weighted by atomic mass is 79.9. The maximum atomic E-state index is 12.6. The number of anilines is 1. The summed E-state index contributed by atoms with van der Waals surface area (Å²) >= 11 is 3.24. The minimum absolute atomic E-state index is 0.107. The molecular formula is C16H13BrN6O2. The summed E-state index contributed by atoms with van der Waals surface area (Å²) < 4.78 is 3.07. The molecule has 0 fully saturated rings. The van der Waals surface area contributed by atoms with Crippen molar-refractivity contribution in [3.63, 3.8) is 0 Å². The largest absolute Gasteiger partial charge is 0.297 e. The minimum Gasteiger partial charge on any atom is -0.297 e. The second-order valence-electron chi connectivity index (χ2n) is 5.26. The van der Waals surface area contributed by atoms with Crippen LogP contribution in [0.2, 0.25) is 0 Å².